The first-order valence-electron chi connectivity index (χ1n) is 7.50. The van der Waals surface area contributed by atoms with E-state index in [9.17, 15) is 4.79 Å². The highest BCUT2D eigenvalue weighted by atomic mass is 16.1. The van der Waals surface area contributed by atoms with Crippen molar-refractivity contribution in [2.24, 2.45) is 17.4 Å². The predicted octanol–water partition coefficient (Wildman–Crippen LogP) is 1.32. The third kappa shape index (κ3) is 5.22. The molecule has 0 spiro atoms. The molecule has 1 aliphatic carbocycles. The zero-order valence-corrected chi connectivity index (χ0v) is 12.2. The quantitative estimate of drug-likeness (QED) is 0.733. The molecule has 1 aromatic carbocycles. The van der Waals surface area contributed by atoms with Gasteiger partial charge in [-0.1, -0.05) is 36.3 Å². The maximum atomic E-state index is 11.7. The van der Waals surface area contributed by atoms with E-state index in [-0.39, 0.29) is 11.9 Å². The molecule has 0 saturated heterocycles. The molecular weight excluding hydrogens is 262 g/mol. The van der Waals surface area contributed by atoms with Crippen molar-refractivity contribution in [3.8, 4) is 11.8 Å². The van der Waals surface area contributed by atoms with Crippen molar-refractivity contribution >= 4 is 5.91 Å². The Kier molecular flexibility index (Phi) is 5.79. The monoisotopic (exact) mass is 285 g/mol. The first-order valence-corrected chi connectivity index (χ1v) is 7.50. The van der Waals surface area contributed by atoms with E-state index in [0.717, 1.165) is 31.2 Å². The summed E-state index contributed by atoms with van der Waals surface area (Å²) in [6.07, 6.45) is 3.98. The zero-order valence-electron chi connectivity index (χ0n) is 12.2. The normalized spacial score (nSPS) is 22.8. The Labute approximate surface area is 126 Å². The highest BCUT2D eigenvalue weighted by Gasteiger charge is 2.16. The molecule has 4 nitrogen and oxygen atoms in total. The van der Waals surface area contributed by atoms with Crippen LogP contribution in [0.25, 0.3) is 0 Å². The van der Waals surface area contributed by atoms with E-state index < -0.39 is 0 Å². The molecule has 112 valence electrons. The molecular formula is C17H23N3O. The van der Waals surface area contributed by atoms with Crippen LogP contribution in [0.5, 0.6) is 0 Å². The number of hydrogen-bond donors (Lipinski definition) is 3. The van der Waals surface area contributed by atoms with Crippen molar-refractivity contribution in [3.63, 3.8) is 0 Å². The third-order valence-electron chi connectivity index (χ3n) is 3.87. The molecule has 21 heavy (non-hydrogen) atoms. The van der Waals surface area contributed by atoms with Gasteiger partial charge in [0, 0.05) is 24.5 Å². The lowest BCUT2D eigenvalue weighted by Gasteiger charge is -2.21. The van der Waals surface area contributed by atoms with E-state index >= 15 is 0 Å². The summed E-state index contributed by atoms with van der Waals surface area (Å²) in [4.78, 5) is 11.7. The minimum absolute atomic E-state index is 0.204. The van der Waals surface area contributed by atoms with Crippen molar-refractivity contribution in [3.05, 3.63) is 35.9 Å². The zero-order chi connectivity index (χ0) is 15.1. The van der Waals surface area contributed by atoms with E-state index in [4.69, 9.17) is 11.5 Å². The Morgan fingerprint density at radius 2 is 1.90 bits per heavy atom. The summed E-state index contributed by atoms with van der Waals surface area (Å²) in [6, 6.07) is 9.82. The Morgan fingerprint density at radius 1 is 1.24 bits per heavy atom. The molecule has 0 aromatic heterocycles. The van der Waals surface area contributed by atoms with Crippen LogP contribution in [0.15, 0.2) is 30.3 Å². The maximum Gasteiger partial charge on any atom is 0.295 e. The smallest absolute Gasteiger partial charge is 0.295 e. The lowest BCUT2D eigenvalue weighted by atomic mass is 9.87. The first kappa shape index (κ1) is 15.6. The highest BCUT2D eigenvalue weighted by molar-refractivity contribution is 5.93. The average molecular weight is 285 g/mol. The minimum atomic E-state index is -0.253. The molecule has 5 N–H and O–H groups in total. The number of rotatable bonds is 3. The number of benzene rings is 1. The van der Waals surface area contributed by atoms with E-state index in [1.807, 2.05) is 30.3 Å². The lowest BCUT2D eigenvalue weighted by Crippen LogP contribution is -2.31. The molecule has 4 heteroatoms. The molecule has 0 bridgehead atoms. The maximum absolute atomic E-state index is 11.7. The van der Waals surface area contributed by atoms with Gasteiger partial charge >= 0.3 is 0 Å². The van der Waals surface area contributed by atoms with Crippen molar-refractivity contribution in [1.29, 1.82) is 0 Å². The van der Waals surface area contributed by atoms with E-state index in [1.54, 1.807) is 0 Å². The van der Waals surface area contributed by atoms with Gasteiger partial charge < -0.3 is 16.8 Å². The predicted molar refractivity (Wildman–Crippen MR) is 84.1 cm³/mol. The second-order valence-electron chi connectivity index (χ2n) is 5.61. The Morgan fingerprint density at radius 3 is 2.57 bits per heavy atom. The van der Waals surface area contributed by atoms with Crippen LogP contribution in [0.4, 0.5) is 0 Å². The Balaban J connectivity index is 1.75. The second kappa shape index (κ2) is 7.82. The Hall–Kier alpha value is -1.83. The summed E-state index contributed by atoms with van der Waals surface area (Å²) >= 11 is 0. The molecule has 0 aliphatic heterocycles. The standard InChI is InChI=1S/C17H23N3O/c18-15-9-6-13(7-10-15)8-11-17(21)20-12-16(19)14-4-2-1-3-5-14/h1-5,13,15-16H,6-7,9-10,12,18-19H2,(H,20,21). The molecule has 1 unspecified atom stereocenters. The summed E-state index contributed by atoms with van der Waals surface area (Å²) in [7, 11) is 0. The van der Waals surface area contributed by atoms with E-state index in [0.29, 0.717) is 18.5 Å². The third-order valence-corrected chi connectivity index (χ3v) is 3.87. The van der Waals surface area contributed by atoms with Crippen LogP contribution in [-0.2, 0) is 4.79 Å². The summed E-state index contributed by atoms with van der Waals surface area (Å²) < 4.78 is 0. The van der Waals surface area contributed by atoms with Gasteiger partial charge in [0.05, 0.1) is 0 Å². The number of carbonyl (C=O) groups excluding carboxylic acids is 1. The van der Waals surface area contributed by atoms with Crippen LogP contribution in [0.2, 0.25) is 0 Å². The topological polar surface area (TPSA) is 81.1 Å². The van der Waals surface area contributed by atoms with Gasteiger partial charge in [-0.15, -0.1) is 0 Å². The van der Waals surface area contributed by atoms with Gasteiger partial charge in [-0.2, -0.15) is 0 Å². The van der Waals surface area contributed by atoms with E-state index in [2.05, 4.69) is 17.2 Å². The largest absolute Gasteiger partial charge is 0.343 e. The summed E-state index contributed by atoms with van der Waals surface area (Å²) in [5.41, 5.74) is 12.9. The van der Waals surface area contributed by atoms with Crippen LogP contribution >= 0.6 is 0 Å². The van der Waals surface area contributed by atoms with Crippen LogP contribution in [0, 0.1) is 17.8 Å². The molecule has 0 radical (unpaired) electrons. The first-order chi connectivity index (χ1) is 10.1. The van der Waals surface area contributed by atoms with Crippen molar-refractivity contribution in [2.75, 3.05) is 6.54 Å². The molecule has 1 aromatic rings. The highest BCUT2D eigenvalue weighted by Crippen LogP contribution is 2.22. The lowest BCUT2D eigenvalue weighted by molar-refractivity contribution is -0.115. The molecule has 1 atom stereocenters. The summed E-state index contributed by atoms with van der Waals surface area (Å²) in [5, 5.41) is 2.77. The number of hydrogen-bond acceptors (Lipinski definition) is 3. The van der Waals surface area contributed by atoms with Gasteiger partial charge in [0.1, 0.15) is 0 Å². The van der Waals surface area contributed by atoms with Gasteiger partial charge in [0.15, 0.2) is 0 Å². The molecule has 0 heterocycles. The van der Waals surface area contributed by atoms with Gasteiger partial charge in [0.25, 0.3) is 5.91 Å². The Bertz CT molecular complexity index is 510. The number of amides is 1. The molecule has 2 rings (SSSR count). The molecule has 1 amide bonds. The van der Waals surface area contributed by atoms with Crippen molar-refractivity contribution in [1.82, 2.24) is 5.32 Å². The van der Waals surface area contributed by atoms with Crippen LogP contribution in [0.1, 0.15) is 37.3 Å². The molecule has 1 aliphatic rings. The second-order valence-corrected chi connectivity index (χ2v) is 5.61. The molecule has 1 fully saturated rings. The fraction of sp³-hybridized carbons (Fsp3) is 0.471. The minimum Gasteiger partial charge on any atom is -0.343 e. The van der Waals surface area contributed by atoms with Crippen LogP contribution in [0.3, 0.4) is 0 Å². The van der Waals surface area contributed by atoms with Gasteiger partial charge in [-0.3, -0.25) is 4.79 Å². The number of nitrogens with two attached hydrogens (primary N) is 2. The fourth-order valence-electron chi connectivity index (χ4n) is 2.50. The van der Waals surface area contributed by atoms with Gasteiger partial charge in [-0.25, -0.2) is 0 Å². The van der Waals surface area contributed by atoms with E-state index in [1.165, 1.54) is 0 Å². The van der Waals surface area contributed by atoms with Crippen molar-refractivity contribution < 1.29 is 4.79 Å². The summed E-state index contributed by atoms with van der Waals surface area (Å²) in [6.45, 7) is 0.396. The fourth-order valence-corrected chi connectivity index (χ4v) is 2.50. The van der Waals surface area contributed by atoms with Gasteiger partial charge in [0.2, 0.25) is 0 Å². The summed E-state index contributed by atoms with van der Waals surface area (Å²) in [5.74, 6) is 5.78. The van der Waals surface area contributed by atoms with Crippen LogP contribution < -0.4 is 16.8 Å². The van der Waals surface area contributed by atoms with Crippen molar-refractivity contribution in [2.45, 2.75) is 37.8 Å². The number of nitrogens with one attached hydrogen (secondary N) is 1. The number of carbonyl (C=O) groups is 1. The average Bonchev–Trinajstić information content (AvgIpc) is 2.53. The van der Waals surface area contributed by atoms with Crippen LogP contribution in [-0.4, -0.2) is 18.5 Å². The molecule has 1 saturated carbocycles. The SMILES string of the molecule is NC1CCC(C#CC(=O)NCC(N)c2ccccc2)CC1. The van der Waals surface area contributed by atoms with Gasteiger partial charge in [-0.05, 0) is 37.2 Å².